The van der Waals surface area contributed by atoms with Crippen LogP contribution in [0.2, 0.25) is 0 Å². The summed E-state index contributed by atoms with van der Waals surface area (Å²) in [6.45, 7) is 3.62. The minimum Gasteiger partial charge on any atom is -0.340 e. The zero-order chi connectivity index (χ0) is 40.1. The molecule has 300 valence electrons. The van der Waals surface area contributed by atoms with Gasteiger partial charge in [0.25, 0.3) is 23.6 Å². The Bertz CT molecular complexity index is 2250. The molecule has 2 aliphatic rings. The predicted octanol–water partition coefficient (Wildman–Crippen LogP) is 5.91. The second-order valence-corrected chi connectivity index (χ2v) is 15.4. The minimum atomic E-state index is -0.816. The summed E-state index contributed by atoms with van der Waals surface area (Å²) in [7, 11) is 1.52. The average molecular weight is 777 g/mol. The van der Waals surface area contributed by atoms with Crippen LogP contribution in [0.15, 0.2) is 60.7 Å². The Morgan fingerprint density at radius 2 is 1.37 bits per heavy atom. The molecule has 4 N–H and O–H groups in total. The number of carbonyl (C=O) groups is 4. The summed E-state index contributed by atoms with van der Waals surface area (Å²) in [5.41, 5.74) is 10.8. The van der Waals surface area contributed by atoms with E-state index in [0.717, 1.165) is 95.7 Å². The molecule has 1 atom stereocenters. The van der Waals surface area contributed by atoms with Crippen molar-refractivity contribution in [2.24, 2.45) is 0 Å². The van der Waals surface area contributed by atoms with E-state index in [1.807, 2.05) is 48.5 Å². The van der Waals surface area contributed by atoms with Crippen LogP contribution in [0.3, 0.4) is 0 Å². The Hall–Kier alpha value is -5.60. The monoisotopic (exact) mass is 776 g/mol. The molecule has 1 unspecified atom stereocenters. The van der Waals surface area contributed by atoms with Crippen molar-refractivity contribution < 1.29 is 29.2 Å². The number of carbonyl (C=O) groups excluding carboxylic acids is 4. The molecule has 0 saturated heterocycles. The van der Waals surface area contributed by atoms with E-state index in [9.17, 15) is 19.2 Å². The lowest BCUT2D eigenvalue weighted by Gasteiger charge is -2.16. The number of likely N-dealkylation sites (N-methyl/N-ethyl adjacent to an activating group) is 1. The first-order chi connectivity index (χ1) is 27.6. The molecule has 0 aliphatic heterocycles. The quantitative estimate of drug-likeness (QED) is 0.0751. The molecule has 2 heterocycles. The van der Waals surface area contributed by atoms with Gasteiger partial charge in [0.05, 0.1) is 41.1 Å². The van der Waals surface area contributed by atoms with Crippen LogP contribution in [-0.2, 0) is 40.3 Å². The number of aryl methyl sites for hydroxylation is 3. The van der Waals surface area contributed by atoms with Gasteiger partial charge in [-0.2, -0.15) is 10.2 Å². The molecule has 4 amide bonds. The van der Waals surface area contributed by atoms with E-state index in [2.05, 4.69) is 27.1 Å². The van der Waals surface area contributed by atoms with Crippen molar-refractivity contribution in [3.05, 3.63) is 94.3 Å². The number of hydrogen-bond donors (Lipinski definition) is 4. The third-order valence-corrected chi connectivity index (χ3v) is 11.4. The lowest BCUT2D eigenvalue weighted by molar-refractivity contribution is -0.136. The predicted molar refractivity (Wildman–Crippen MR) is 214 cm³/mol. The summed E-state index contributed by atoms with van der Waals surface area (Å²) in [5, 5.41) is 23.7. The van der Waals surface area contributed by atoms with Gasteiger partial charge in [0.2, 0.25) is 0 Å². The number of aromatic nitrogens is 4. The van der Waals surface area contributed by atoms with E-state index >= 15 is 0 Å². The van der Waals surface area contributed by atoms with Crippen LogP contribution in [0.25, 0.3) is 21.8 Å². The van der Waals surface area contributed by atoms with Gasteiger partial charge in [0, 0.05) is 28.9 Å². The largest absolute Gasteiger partial charge is 0.340 e. The highest BCUT2D eigenvalue weighted by molar-refractivity contribution is 6.01. The number of hydroxylamine groups is 2. The number of amides is 4. The summed E-state index contributed by atoms with van der Waals surface area (Å²) >= 11 is 0. The Balaban J connectivity index is 0.920. The summed E-state index contributed by atoms with van der Waals surface area (Å²) in [6.07, 6.45) is 11.2. The highest BCUT2D eigenvalue weighted by Gasteiger charge is 2.25. The third kappa shape index (κ3) is 8.87. The zero-order valence-corrected chi connectivity index (χ0v) is 32.9. The van der Waals surface area contributed by atoms with Crippen molar-refractivity contribution in [2.45, 2.75) is 109 Å². The highest BCUT2D eigenvalue weighted by Crippen LogP contribution is 2.35. The van der Waals surface area contributed by atoms with Crippen molar-refractivity contribution in [1.29, 1.82) is 0 Å². The van der Waals surface area contributed by atoms with Crippen LogP contribution < -0.4 is 16.3 Å². The first kappa shape index (κ1) is 39.6. The van der Waals surface area contributed by atoms with Crippen molar-refractivity contribution in [1.82, 2.24) is 40.7 Å². The summed E-state index contributed by atoms with van der Waals surface area (Å²) < 4.78 is 4.17. The van der Waals surface area contributed by atoms with E-state index in [-0.39, 0.29) is 31.0 Å². The van der Waals surface area contributed by atoms with E-state index in [1.165, 1.54) is 24.8 Å². The number of nitrogens with zero attached hydrogens (tertiary/aromatic N) is 5. The lowest BCUT2D eigenvalue weighted by atomic mass is 10.0. The van der Waals surface area contributed by atoms with Crippen LogP contribution >= 0.6 is 0 Å². The van der Waals surface area contributed by atoms with Gasteiger partial charge in [-0.05, 0) is 87.3 Å². The highest BCUT2D eigenvalue weighted by atomic mass is 16.6. The van der Waals surface area contributed by atoms with Gasteiger partial charge in [-0.15, -0.1) is 0 Å². The number of hydrogen-bond acceptors (Lipinski definition) is 8. The molecule has 5 aromatic rings. The van der Waals surface area contributed by atoms with Crippen LogP contribution in [0.1, 0.15) is 121 Å². The number of rotatable bonds is 15. The Morgan fingerprint density at radius 1 is 0.807 bits per heavy atom. The number of nitrogens with one attached hydrogen (secondary N) is 3. The normalized spacial score (nSPS) is 15.3. The maximum absolute atomic E-state index is 13.2. The molecule has 0 radical (unpaired) electrons. The van der Waals surface area contributed by atoms with Gasteiger partial charge in [-0.1, -0.05) is 69.0 Å². The molecular weight excluding hydrogens is 725 g/mol. The van der Waals surface area contributed by atoms with Crippen molar-refractivity contribution in [3.8, 4) is 0 Å². The lowest BCUT2D eigenvalue weighted by Crippen LogP contribution is -2.44. The summed E-state index contributed by atoms with van der Waals surface area (Å²) in [6, 6.07) is 19.0. The number of fused-ring (bicyclic) bond motifs is 2. The molecular formula is C43H52N8O6. The average Bonchev–Trinajstić information content (AvgIpc) is 4.06. The SMILES string of the molecule is CCc1nn(C2CCCC2)c2cc(C(=O)NC(C)C(=O)NOCc3ccc(CCc4nn(C5CCCC5)c5cc(C(=O)N(C)CC(=O)NO)ccc45)cc3)ccc12. The van der Waals surface area contributed by atoms with E-state index in [1.54, 1.807) is 24.5 Å². The van der Waals surface area contributed by atoms with Crippen LogP contribution in [-0.4, -0.2) is 72.9 Å². The molecule has 0 bridgehead atoms. The second kappa shape index (κ2) is 17.7. The molecule has 14 nitrogen and oxygen atoms in total. The van der Waals surface area contributed by atoms with Crippen LogP contribution in [0, 0.1) is 0 Å². The molecule has 57 heavy (non-hydrogen) atoms. The van der Waals surface area contributed by atoms with Gasteiger partial charge in [-0.3, -0.25) is 38.6 Å². The van der Waals surface area contributed by atoms with Crippen LogP contribution in [0.5, 0.6) is 0 Å². The van der Waals surface area contributed by atoms with Gasteiger partial charge in [-0.25, -0.2) is 11.0 Å². The van der Waals surface area contributed by atoms with Gasteiger partial charge >= 0.3 is 0 Å². The Labute approximate surface area is 331 Å². The zero-order valence-electron chi connectivity index (χ0n) is 32.9. The molecule has 2 aliphatic carbocycles. The van der Waals surface area contributed by atoms with E-state index < -0.39 is 17.9 Å². The maximum atomic E-state index is 13.2. The maximum Gasteiger partial charge on any atom is 0.265 e. The van der Waals surface area contributed by atoms with Gasteiger partial charge in [0.1, 0.15) is 12.6 Å². The number of benzene rings is 3. The first-order valence-electron chi connectivity index (χ1n) is 20.1. The summed E-state index contributed by atoms with van der Waals surface area (Å²) in [5.74, 6) is -1.76. The van der Waals surface area contributed by atoms with E-state index in [4.69, 9.17) is 20.2 Å². The fourth-order valence-electron chi connectivity index (χ4n) is 8.21. The molecule has 2 saturated carbocycles. The first-order valence-corrected chi connectivity index (χ1v) is 20.1. The van der Waals surface area contributed by atoms with Crippen molar-refractivity contribution in [2.75, 3.05) is 13.6 Å². The fourth-order valence-corrected chi connectivity index (χ4v) is 8.21. The Kier molecular flexibility index (Phi) is 12.3. The molecule has 14 heteroatoms. The molecule has 0 spiro atoms. The van der Waals surface area contributed by atoms with E-state index in [0.29, 0.717) is 23.6 Å². The van der Waals surface area contributed by atoms with Gasteiger partial charge in [0.15, 0.2) is 0 Å². The van der Waals surface area contributed by atoms with Crippen LogP contribution in [0.4, 0.5) is 0 Å². The van der Waals surface area contributed by atoms with Gasteiger partial charge < -0.3 is 10.2 Å². The second-order valence-electron chi connectivity index (χ2n) is 15.4. The standard InChI is InChI=1S/C43H52N8O6/c1-4-36-34-20-18-30(23-38(34)50(45-36)32-9-5-6-10-32)42(54)44-27(2)41(53)48-57-26-29-15-13-28(14-16-29)17-22-37-35-21-19-31(43(55)49(3)25-40(52)47-56)24-39(35)51(46-37)33-11-7-8-12-33/h13-16,18-21,23-24,27,32-33,56H,4-12,17,22,25-26H2,1-3H3,(H,44,54)(H,47,52)(H,48,53). The van der Waals surface area contributed by atoms with Crippen molar-refractivity contribution >= 4 is 45.4 Å². The molecule has 2 fully saturated rings. The van der Waals surface area contributed by atoms with Crippen molar-refractivity contribution in [3.63, 3.8) is 0 Å². The Morgan fingerprint density at radius 3 is 1.98 bits per heavy atom. The fraction of sp³-hybridized carbons (Fsp3) is 0.442. The topological polar surface area (TPSA) is 173 Å². The third-order valence-electron chi connectivity index (χ3n) is 11.4. The molecule has 2 aromatic heterocycles. The molecule has 7 rings (SSSR count). The summed E-state index contributed by atoms with van der Waals surface area (Å²) in [4.78, 5) is 57.6. The molecule has 3 aromatic carbocycles. The smallest absolute Gasteiger partial charge is 0.265 e. The minimum absolute atomic E-state index is 0.158.